The predicted molar refractivity (Wildman–Crippen MR) is 62.2 cm³/mol. The fourth-order valence-electron chi connectivity index (χ4n) is 2.39. The summed E-state index contributed by atoms with van der Waals surface area (Å²) in [7, 11) is 0. The van der Waals surface area contributed by atoms with Gasteiger partial charge in [0.05, 0.1) is 0 Å². The van der Waals surface area contributed by atoms with Crippen LogP contribution in [0, 0.1) is 0 Å². The Morgan fingerprint density at radius 1 is 1.44 bits per heavy atom. The average molecular weight is 219 g/mol. The Balaban J connectivity index is 1.86. The molecule has 0 aromatic heterocycles. The van der Waals surface area contributed by atoms with Crippen molar-refractivity contribution in [3.8, 4) is 0 Å². The molecule has 1 unspecified atom stereocenters. The van der Waals surface area contributed by atoms with Crippen molar-refractivity contribution in [3.05, 3.63) is 35.4 Å². The van der Waals surface area contributed by atoms with Crippen LogP contribution in [-0.4, -0.2) is 24.2 Å². The molecule has 0 heterocycles. The lowest BCUT2D eigenvalue weighted by molar-refractivity contribution is -0.123. The molecule has 1 amide bonds. The number of fused-ring (bicyclic) bond motifs is 1. The van der Waals surface area contributed by atoms with Gasteiger partial charge >= 0.3 is 0 Å². The molecule has 2 rings (SSSR count). The van der Waals surface area contributed by atoms with E-state index in [1.165, 1.54) is 17.5 Å². The first kappa shape index (κ1) is 11.1. The Morgan fingerprint density at radius 2 is 2.25 bits per heavy atom. The number of hydrogen-bond donors (Lipinski definition) is 2. The van der Waals surface area contributed by atoms with Gasteiger partial charge in [0, 0.05) is 6.54 Å². The molecule has 0 fully saturated rings. The fraction of sp³-hybridized carbons (Fsp3) is 0.462. The van der Waals surface area contributed by atoms with Crippen molar-refractivity contribution in [1.82, 2.24) is 5.32 Å². The Kier molecular flexibility index (Phi) is 3.57. The normalized spacial score (nSPS) is 18.2. The maximum absolute atomic E-state index is 10.9. The van der Waals surface area contributed by atoms with E-state index in [9.17, 15) is 4.79 Å². The summed E-state index contributed by atoms with van der Waals surface area (Å²) in [5, 5.41) is 11.3. The molecule has 0 saturated heterocycles. The van der Waals surface area contributed by atoms with Crippen molar-refractivity contribution < 1.29 is 9.90 Å². The highest BCUT2D eigenvalue weighted by Crippen LogP contribution is 2.34. The molecule has 1 aromatic rings. The summed E-state index contributed by atoms with van der Waals surface area (Å²) in [5.41, 5.74) is 2.88. The van der Waals surface area contributed by atoms with Crippen LogP contribution in [0.1, 0.15) is 29.9 Å². The molecule has 3 nitrogen and oxygen atoms in total. The SMILES string of the molecule is O=C(CO)NCCC1CCc2ccccc21. The average Bonchev–Trinajstić information content (AvgIpc) is 2.73. The predicted octanol–water partition coefficient (Wildman–Crippen LogP) is 1.21. The van der Waals surface area contributed by atoms with Crippen LogP contribution in [0.2, 0.25) is 0 Å². The molecule has 1 aliphatic rings. The third-order valence-corrected chi connectivity index (χ3v) is 3.22. The molecule has 0 spiro atoms. The second kappa shape index (κ2) is 5.12. The van der Waals surface area contributed by atoms with Gasteiger partial charge in [-0.2, -0.15) is 0 Å². The monoisotopic (exact) mass is 219 g/mol. The highest BCUT2D eigenvalue weighted by molar-refractivity contribution is 5.76. The molecule has 2 N–H and O–H groups in total. The van der Waals surface area contributed by atoms with Crippen molar-refractivity contribution in [3.63, 3.8) is 0 Å². The minimum atomic E-state index is -0.415. The van der Waals surface area contributed by atoms with Crippen LogP contribution in [0.25, 0.3) is 0 Å². The van der Waals surface area contributed by atoms with E-state index < -0.39 is 6.61 Å². The number of benzene rings is 1. The summed E-state index contributed by atoms with van der Waals surface area (Å²) in [6, 6.07) is 8.51. The molecular formula is C13H17NO2. The molecule has 0 bridgehead atoms. The standard InChI is InChI=1S/C13H17NO2/c15-9-13(16)14-8-7-11-6-5-10-3-1-2-4-12(10)11/h1-4,11,15H,5-9H2,(H,14,16). The number of aryl methyl sites for hydroxylation is 1. The van der Waals surface area contributed by atoms with E-state index in [0.29, 0.717) is 12.5 Å². The van der Waals surface area contributed by atoms with E-state index in [-0.39, 0.29) is 5.91 Å². The van der Waals surface area contributed by atoms with Gasteiger partial charge in [-0.05, 0) is 36.3 Å². The van der Waals surface area contributed by atoms with Gasteiger partial charge in [0.2, 0.25) is 5.91 Å². The molecule has 1 aliphatic carbocycles. The Morgan fingerprint density at radius 3 is 3.06 bits per heavy atom. The molecule has 86 valence electrons. The van der Waals surface area contributed by atoms with E-state index in [2.05, 4.69) is 29.6 Å². The van der Waals surface area contributed by atoms with Crippen LogP contribution in [-0.2, 0) is 11.2 Å². The molecule has 0 aliphatic heterocycles. The van der Waals surface area contributed by atoms with Gasteiger partial charge in [0.25, 0.3) is 0 Å². The number of nitrogens with one attached hydrogen (secondary N) is 1. The lowest BCUT2D eigenvalue weighted by atomic mass is 9.98. The topological polar surface area (TPSA) is 49.3 Å². The smallest absolute Gasteiger partial charge is 0.245 e. The third-order valence-electron chi connectivity index (χ3n) is 3.22. The molecule has 0 saturated carbocycles. The van der Waals surface area contributed by atoms with E-state index in [4.69, 9.17) is 5.11 Å². The van der Waals surface area contributed by atoms with Crippen LogP contribution in [0.15, 0.2) is 24.3 Å². The largest absolute Gasteiger partial charge is 0.387 e. The van der Waals surface area contributed by atoms with Crippen LogP contribution in [0.5, 0.6) is 0 Å². The lowest BCUT2D eigenvalue weighted by Crippen LogP contribution is -2.27. The van der Waals surface area contributed by atoms with Crippen molar-refractivity contribution in [2.75, 3.05) is 13.2 Å². The number of aliphatic hydroxyl groups excluding tert-OH is 1. The first-order chi connectivity index (χ1) is 7.81. The van der Waals surface area contributed by atoms with Gasteiger partial charge < -0.3 is 10.4 Å². The quantitative estimate of drug-likeness (QED) is 0.799. The van der Waals surface area contributed by atoms with Gasteiger partial charge in [-0.1, -0.05) is 24.3 Å². The second-order valence-electron chi connectivity index (χ2n) is 4.23. The molecule has 1 aromatic carbocycles. The summed E-state index contributed by atoms with van der Waals surface area (Å²) in [4.78, 5) is 10.9. The molecule has 0 radical (unpaired) electrons. The number of amides is 1. The molecule has 16 heavy (non-hydrogen) atoms. The minimum absolute atomic E-state index is 0.286. The summed E-state index contributed by atoms with van der Waals surface area (Å²) in [5.74, 6) is 0.279. The summed E-state index contributed by atoms with van der Waals surface area (Å²) in [6.45, 7) is 0.236. The second-order valence-corrected chi connectivity index (χ2v) is 4.23. The minimum Gasteiger partial charge on any atom is -0.387 e. The Labute approximate surface area is 95.5 Å². The highest BCUT2D eigenvalue weighted by atomic mass is 16.3. The maximum atomic E-state index is 10.9. The zero-order chi connectivity index (χ0) is 11.4. The van der Waals surface area contributed by atoms with E-state index in [0.717, 1.165) is 12.8 Å². The van der Waals surface area contributed by atoms with Crippen LogP contribution >= 0.6 is 0 Å². The van der Waals surface area contributed by atoms with Gasteiger partial charge in [-0.25, -0.2) is 0 Å². The van der Waals surface area contributed by atoms with Crippen molar-refractivity contribution >= 4 is 5.91 Å². The zero-order valence-corrected chi connectivity index (χ0v) is 9.28. The van der Waals surface area contributed by atoms with Gasteiger partial charge in [0.1, 0.15) is 6.61 Å². The Bertz CT molecular complexity index is 376. The van der Waals surface area contributed by atoms with E-state index in [1.807, 2.05) is 0 Å². The number of aliphatic hydroxyl groups is 1. The Hall–Kier alpha value is -1.35. The van der Waals surface area contributed by atoms with Gasteiger partial charge in [-0.3, -0.25) is 4.79 Å². The molecular weight excluding hydrogens is 202 g/mol. The first-order valence-electron chi connectivity index (χ1n) is 5.76. The van der Waals surface area contributed by atoms with Crippen LogP contribution in [0.4, 0.5) is 0 Å². The third kappa shape index (κ3) is 2.42. The summed E-state index contributed by atoms with van der Waals surface area (Å²) >= 11 is 0. The fourth-order valence-corrected chi connectivity index (χ4v) is 2.39. The molecule has 3 heteroatoms. The van der Waals surface area contributed by atoms with E-state index >= 15 is 0 Å². The van der Waals surface area contributed by atoms with Crippen LogP contribution < -0.4 is 5.32 Å². The first-order valence-corrected chi connectivity index (χ1v) is 5.76. The maximum Gasteiger partial charge on any atom is 0.245 e. The summed E-state index contributed by atoms with van der Waals surface area (Å²) < 4.78 is 0. The van der Waals surface area contributed by atoms with E-state index in [1.54, 1.807) is 0 Å². The van der Waals surface area contributed by atoms with Crippen LogP contribution in [0.3, 0.4) is 0 Å². The number of rotatable bonds is 4. The number of hydrogen-bond acceptors (Lipinski definition) is 2. The van der Waals surface area contributed by atoms with Crippen molar-refractivity contribution in [2.45, 2.75) is 25.2 Å². The van der Waals surface area contributed by atoms with Gasteiger partial charge in [0.15, 0.2) is 0 Å². The van der Waals surface area contributed by atoms with Crippen molar-refractivity contribution in [1.29, 1.82) is 0 Å². The number of carbonyl (C=O) groups excluding carboxylic acids is 1. The highest BCUT2D eigenvalue weighted by Gasteiger charge is 2.21. The molecule has 1 atom stereocenters. The number of carbonyl (C=O) groups is 1. The van der Waals surface area contributed by atoms with Crippen molar-refractivity contribution in [2.24, 2.45) is 0 Å². The lowest BCUT2D eigenvalue weighted by Gasteiger charge is -2.11. The zero-order valence-electron chi connectivity index (χ0n) is 9.28. The summed E-state index contributed by atoms with van der Waals surface area (Å²) in [6.07, 6.45) is 3.28. The van der Waals surface area contributed by atoms with Gasteiger partial charge in [-0.15, -0.1) is 0 Å².